The maximum atomic E-state index is 13.7. The first-order chi connectivity index (χ1) is 9.61. The van der Waals surface area contributed by atoms with Gasteiger partial charge in [0.25, 0.3) is 0 Å². The Balaban J connectivity index is 2.19. The quantitative estimate of drug-likeness (QED) is 0.672. The van der Waals surface area contributed by atoms with Gasteiger partial charge in [-0.25, -0.2) is 9.18 Å². The summed E-state index contributed by atoms with van der Waals surface area (Å²) in [5.41, 5.74) is 5.68. The van der Waals surface area contributed by atoms with E-state index >= 15 is 0 Å². The zero-order valence-electron chi connectivity index (χ0n) is 10.9. The van der Waals surface area contributed by atoms with Crippen molar-refractivity contribution in [2.24, 2.45) is 0 Å². The third kappa shape index (κ3) is 3.09. The minimum absolute atomic E-state index is 0.00583. The predicted molar refractivity (Wildman–Crippen MR) is 69.8 cm³/mol. The first kappa shape index (κ1) is 13.9. The van der Waals surface area contributed by atoms with Gasteiger partial charge in [0.1, 0.15) is 12.4 Å². The van der Waals surface area contributed by atoms with E-state index < -0.39 is 11.8 Å². The maximum absolute atomic E-state index is 13.7. The van der Waals surface area contributed by atoms with Crippen LogP contribution < -0.4 is 10.5 Å². The van der Waals surface area contributed by atoms with E-state index in [1.807, 2.05) is 0 Å². The smallest absolute Gasteiger partial charge is 0.340 e. The van der Waals surface area contributed by atoms with Crippen molar-refractivity contribution in [3.8, 4) is 5.75 Å². The van der Waals surface area contributed by atoms with Crippen molar-refractivity contribution in [3.63, 3.8) is 0 Å². The van der Waals surface area contributed by atoms with E-state index in [4.69, 9.17) is 19.6 Å². The highest BCUT2D eigenvalue weighted by atomic mass is 19.1. The zero-order chi connectivity index (χ0) is 14.5. The number of ether oxygens (including phenoxy) is 2. The SMILES string of the molecule is CCOC(=O)c1cc(OCc2ccco2)c(F)cc1N. The van der Waals surface area contributed by atoms with Crippen LogP contribution >= 0.6 is 0 Å². The van der Waals surface area contributed by atoms with E-state index in [2.05, 4.69) is 0 Å². The van der Waals surface area contributed by atoms with Crippen molar-refractivity contribution in [2.75, 3.05) is 12.3 Å². The van der Waals surface area contributed by atoms with Crippen LogP contribution in [0.3, 0.4) is 0 Å². The van der Waals surface area contributed by atoms with Gasteiger partial charge in [-0.05, 0) is 25.1 Å². The number of furan rings is 1. The minimum Gasteiger partial charge on any atom is -0.483 e. The Morgan fingerprint density at radius 1 is 1.45 bits per heavy atom. The van der Waals surface area contributed by atoms with Crippen LogP contribution in [0.1, 0.15) is 23.0 Å². The Labute approximate surface area is 115 Å². The van der Waals surface area contributed by atoms with Gasteiger partial charge in [0.15, 0.2) is 11.6 Å². The fourth-order valence-corrected chi connectivity index (χ4v) is 1.61. The highest BCUT2D eigenvalue weighted by molar-refractivity contribution is 5.95. The Bertz CT molecular complexity index is 595. The number of hydrogen-bond donors (Lipinski definition) is 1. The van der Waals surface area contributed by atoms with E-state index in [-0.39, 0.29) is 30.2 Å². The molecule has 0 radical (unpaired) electrons. The van der Waals surface area contributed by atoms with Crippen molar-refractivity contribution in [1.82, 2.24) is 0 Å². The van der Waals surface area contributed by atoms with Crippen LogP contribution in [-0.2, 0) is 11.3 Å². The summed E-state index contributed by atoms with van der Waals surface area (Å²) >= 11 is 0. The molecular weight excluding hydrogens is 265 g/mol. The molecule has 0 spiro atoms. The van der Waals surface area contributed by atoms with Gasteiger partial charge in [0.05, 0.1) is 18.4 Å². The molecule has 0 aliphatic heterocycles. The van der Waals surface area contributed by atoms with Crippen LogP contribution in [0, 0.1) is 5.82 Å². The molecule has 0 saturated carbocycles. The van der Waals surface area contributed by atoms with Gasteiger partial charge in [-0.1, -0.05) is 0 Å². The molecule has 1 aromatic heterocycles. The molecule has 0 unspecified atom stereocenters. The van der Waals surface area contributed by atoms with E-state index in [9.17, 15) is 9.18 Å². The summed E-state index contributed by atoms with van der Waals surface area (Å²) in [4.78, 5) is 11.7. The van der Waals surface area contributed by atoms with Gasteiger partial charge in [-0.15, -0.1) is 0 Å². The molecule has 0 saturated heterocycles. The molecule has 106 valence electrons. The maximum Gasteiger partial charge on any atom is 0.340 e. The van der Waals surface area contributed by atoms with Crippen molar-refractivity contribution < 1.29 is 23.1 Å². The number of nitrogens with two attached hydrogens (primary N) is 1. The summed E-state index contributed by atoms with van der Waals surface area (Å²) in [7, 11) is 0. The van der Waals surface area contributed by atoms with Gasteiger partial charge in [-0.3, -0.25) is 0 Å². The second-order valence-corrected chi connectivity index (χ2v) is 3.96. The topological polar surface area (TPSA) is 74.7 Å². The Hall–Kier alpha value is -2.50. The van der Waals surface area contributed by atoms with Crippen LogP contribution in [0.5, 0.6) is 5.75 Å². The van der Waals surface area contributed by atoms with Crippen LogP contribution in [0.25, 0.3) is 0 Å². The number of carbonyl (C=O) groups excluding carboxylic acids is 1. The minimum atomic E-state index is -0.651. The summed E-state index contributed by atoms with van der Waals surface area (Å²) in [6.07, 6.45) is 1.49. The third-order valence-corrected chi connectivity index (χ3v) is 2.55. The van der Waals surface area contributed by atoms with Gasteiger partial charge in [0.2, 0.25) is 0 Å². The van der Waals surface area contributed by atoms with Gasteiger partial charge < -0.3 is 19.6 Å². The predicted octanol–water partition coefficient (Wildman–Crippen LogP) is 2.76. The Morgan fingerprint density at radius 3 is 2.90 bits per heavy atom. The largest absolute Gasteiger partial charge is 0.483 e. The summed E-state index contributed by atoms with van der Waals surface area (Å²) in [5, 5.41) is 0. The molecular formula is C14H14FNO4. The summed E-state index contributed by atoms with van der Waals surface area (Å²) in [6.45, 7) is 1.93. The lowest BCUT2D eigenvalue weighted by Gasteiger charge is -2.10. The van der Waals surface area contributed by atoms with Crippen LogP contribution in [0.2, 0.25) is 0 Å². The third-order valence-electron chi connectivity index (χ3n) is 2.55. The monoisotopic (exact) mass is 279 g/mol. The summed E-state index contributed by atoms with van der Waals surface area (Å²) < 4.78 is 28.9. The molecule has 0 atom stereocenters. The molecule has 0 fully saturated rings. The first-order valence-corrected chi connectivity index (χ1v) is 6.03. The average Bonchev–Trinajstić information content (AvgIpc) is 2.91. The molecule has 1 aromatic carbocycles. The summed E-state index contributed by atoms with van der Waals surface area (Å²) in [6, 6.07) is 5.65. The number of rotatable bonds is 5. The molecule has 2 N–H and O–H groups in total. The molecule has 2 rings (SSSR count). The molecule has 20 heavy (non-hydrogen) atoms. The zero-order valence-corrected chi connectivity index (χ0v) is 10.9. The highest BCUT2D eigenvalue weighted by Crippen LogP contribution is 2.25. The van der Waals surface area contributed by atoms with E-state index in [0.29, 0.717) is 5.76 Å². The number of esters is 1. The van der Waals surface area contributed by atoms with Crippen LogP contribution in [0.15, 0.2) is 34.9 Å². The van der Waals surface area contributed by atoms with Crippen molar-refractivity contribution in [3.05, 3.63) is 47.7 Å². The fourth-order valence-electron chi connectivity index (χ4n) is 1.61. The number of anilines is 1. The molecule has 6 heteroatoms. The molecule has 5 nitrogen and oxygen atoms in total. The van der Waals surface area contributed by atoms with Crippen molar-refractivity contribution in [2.45, 2.75) is 13.5 Å². The highest BCUT2D eigenvalue weighted by Gasteiger charge is 2.16. The van der Waals surface area contributed by atoms with E-state index in [0.717, 1.165) is 6.07 Å². The first-order valence-electron chi connectivity index (χ1n) is 6.03. The second-order valence-electron chi connectivity index (χ2n) is 3.96. The van der Waals surface area contributed by atoms with Crippen molar-refractivity contribution >= 4 is 11.7 Å². The van der Waals surface area contributed by atoms with Gasteiger partial charge >= 0.3 is 5.97 Å². The lowest BCUT2D eigenvalue weighted by molar-refractivity contribution is 0.0527. The van der Waals surface area contributed by atoms with Crippen LogP contribution in [0.4, 0.5) is 10.1 Å². The number of halogens is 1. The number of hydrogen-bond acceptors (Lipinski definition) is 5. The van der Waals surface area contributed by atoms with E-state index in [1.54, 1.807) is 19.1 Å². The van der Waals surface area contributed by atoms with Crippen molar-refractivity contribution in [1.29, 1.82) is 0 Å². The molecule has 0 amide bonds. The molecule has 0 aliphatic carbocycles. The fraction of sp³-hybridized carbons (Fsp3) is 0.214. The standard InChI is InChI=1S/C14H14FNO4/c1-2-18-14(17)10-6-13(11(15)7-12(10)16)20-8-9-4-3-5-19-9/h3-7H,2,8,16H2,1H3. The Kier molecular flexibility index (Phi) is 4.24. The van der Waals surface area contributed by atoms with Gasteiger partial charge in [0, 0.05) is 11.8 Å². The number of carbonyl (C=O) groups is 1. The lowest BCUT2D eigenvalue weighted by Crippen LogP contribution is -2.09. The number of nitrogen functional groups attached to an aromatic ring is 1. The molecule has 0 aliphatic rings. The number of benzene rings is 1. The summed E-state index contributed by atoms with van der Waals surface area (Å²) in [5.74, 6) is -0.812. The van der Waals surface area contributed by atoms with Gasteiger partial charge in [-0.2, -0.15) is 0 Å². The van der Waals surface area contributed by atoms with E-state index in [1.165, 1.54) is 12.3 Å². The second kappa shape index (κ2) is 6.10. The molecule has 2 aromatic rings. The lowest BCUT2D eigenvalue weighted by atomic mass is 10.1. The normalized spacial score (nSPS) is 10.3. The molecule has 0 bridgehead atoms. The van der Waals surface area contributed by atoms with Crippen LogP contribution in [-0.4, -0.2) is 12.6 Å². The molecule has 1 heterocycles. The Morgan fingerprint density at radius 2 is 2.25 bits per heavy atom. The average molecular weight is 279 g/mol.